The quantitative estimate of drug-likeness (QED) is 0.478. The molecule has 2 aliphatic rings. The molecule has 0 aromatic heterocycles. The van der Waals surface area contributed by atoms with Crippen molar-refractivity contribution < 1.29 is 4.79 Å². The van der Waals surface area contributed by atoms with Gasteiger partial charge in [0.1, 0.15) is 0 Å². The highest BCUT2D eigenvalue weighted by molar-refractivity contribution is 5.78. The average Bonchev–Trinajstić information content (AvgIpc) is 2.25. The molecule has 0 aromatic carbocycles. The number of rotatable bonds is 0. The van der Waals surface area contributed by atoms with E-state index in [-0.39, 0.29) is 0 Å². The molecule has 1 saturated heterocycles. The normalized spacial score (nSPS) is 30.4. The number of carbonyl (C=O) groups excluding carboxylic acids is 1. The van der Waals surface area contributed by atoms with E-state index < -0.39 is 0 Å². The first kappa shape index (κ1) is 6.89. The zero-order valence-electron chi connectivity index (χ0n) is 6.62. The van der Waals surface area contributed by atoms with Crippen LogP contribution < -0.4 is 0 Å². The highest BCUT2D eigenvalue weighted by atomic mass is 16.2. The highest BCUT2D eigenvalue weighted by Crippen LogP contribution is 2.23. The summed E-state index contributed by atoms with van der Waals surface area (Å²) in [7, 11) is 0. The maximum Gasteiger partial charge on any atom is 0.222 e. The molecule has 2 heteroatoms. The summed E-state index contributed by atoms with van der Waals surface area (Å²) in [4.78, 5) is 13.3. The van der Waals surface area contributed by atoms with E-state index in [2.05, 4.69) is 12.2 Å². The maximum atomic E-state index is 11.3. The lowest BCUT2D eigenvalue weighted by atomic mass is 10.1. The Bertz CT molecular complexity index is 198. The van der Waals surface area contributed by atoms with Crippen LogP contribution in [-0.2, 0) is 4.79 Å². The van der Waals surface area contributed by atoms with Crippen molar-refractivity contribution in [3.05, 3.63) is 12.2 Å². The lowest BCUT2D eigenvalue weighted by Crippen LogP contribution is -2.32. The minimum absolute atomic E-state index is 0.360. The van der Waals surface area contributed by atoms with Gasteiger partial charge in [-0.15, -0.1) is 0 Å². The fraction of sp³-hybridized carbons (Fsp3) is 0.667. The number of hydrogen-bond donors (Lipinski definition) is 0. The van der Waals surface area contributed by atoms with Crippen LogP contribution in [0.1, 0.15) is 25.7 Å². The van der Waals surface area contributed by atoms with Crippen LogP contribution in [0.2, 0.25) is 0 Å². The summed E-state index contributed by atoms with van der Waals surface area (Å²) in [5.74, 6) is 0.360. The largest absolute Gasteiger partial charge is 0.339 e. The molecule has 0 aromatic rings. The monoisotopic (exact) mass is 151 g/mol. The molecular weight excluding hydrogens is 138 g/mol. The standard InChI is InChI=1S/C9H13NO/c11-9-6-5-8-4-2-1-3-7-10(8)9/h1-2,8H,3-7H2. The Hall–Kier alpha value is -0.790. The Balaban J connectivity index is 2.11. The molecule has 2 heterocycles. The molecule has 2 aliphatic heterocycles. The molecule has 60 valence electrons. The molecular formula is C9H13NO. The average molecular weight is 151 g/mol. The molecule has 2 rings (SSSR count). The Morgan fingerprint density at radius 1 is 1.45 bits per heavy atom. The van der Waals surface area contributed by atoms with Crippen molar-refractivity contribution in [2.75, 3.05) is 6.54 Å². The molecule has 1 fully saturated rings. The van der Waals surface area contributed by atoms with Crippen molar-refractivity contribution in [1.82, 2.24) is 4.90 Å². The van der Waals surface area contributed by atoms with Gasteiger partial charge >= 0.3 is 0 Å². The smallest absolute Gasteiger partial charge is 0.222 e. The SMILES string of the molecule is O=C1CCC2CC=CCCN12. The molecule has 0 bridgehead atoms. The van der Waals surface area contributed by atoms with E-state index in [1.54, 1.807) is 0 Å². The third-order valence-corrected chi connectivity index (χ3v) is 2.56. The highest BCUT2D eigenvalue weighted by Gasteiger charge is 2.29. The van der Waals surface area contributed by atoms with Gasteiger partial charge in [0.15, 0.2) is 0 Å². The lowest BCUT2D eigenvalue weighted by molar-refractivity contribution is -0.128. The van der Waals surface area contributed by atoms with E-state index in [0.29, 0.717) is 11.9 Å². The summed E-state index contributed by atoms with van der Waals surface area (Å²) in [6.07, 6.45) is 8.37. The Morgan fingerprint density at radius 2 is 2.36 bits per heavy atom. The zero-order chi connectivity index (χ0) is 7.68. The molecule has 0 aliphatic carbocycles. The second kappa shape index (κ2) is 2.68. The van der Waals surface area contributed by atoms with E-state index in [4.69, 9.17) is 0 Å². The van der Waals surface area contributed by atoms with Gasteiger partial charge in [-0.2, -0.15) is 0 Å². The second-order valence-electron chi connectivity index (χ2n) is 3.28. The van der Waals surface area contributed by atoms with E-state index >= 15 is 0 Å². The van der Waals surface area contributed by atoms with Gasteiger partial charge in [0.25, 0.3) is 0 Å². The molecule has 1 unspecified atom stereocenters. The van der Waals surface area contributed by atoms with Crippen LogP contribution in [0.15, 0.2) is 12.2 Å². The number of amides is 1. The van der Waals surface area contributed by atoms with Gasteiger partial charge in [-0.25, -0.2) is 0 Å². The Labute approximate surface area is 66.9 Å². The van der Waals surface area contributed by atoms with Crippen LogP contribution in [0.25, 0.3) is 0 Å². The summed E-state index contributed by atoms with van der Waals surface area (Å²) < 4.78 is 0. The molecule has 0 saturated carbocycles. The van der Waals surface area contributed by atoms with E-state index in [1.165, 1.54) is 0 Å². The number of hydrogen-bond acceptors (Lipinski definition) is 1. The van der Waals surface area contributed by atoms with Gasteiger partial charge in [0.2, 0.25) is 5.91 Å². The van der Waals surface area contributed by atoms with Crippen molar-refractivity contribution in [3.8, 4) is 0 Å². The summed E-state index contributed by atoms with van der Waals surface area (Å²) >= 11 is 0. The number of carbonyl (C=O) groups is 1. The van der Waals surface area contributed by atoms with Gasteiger partial charge < -0.3 is 4.90 Å². The van der Waals surface area contributed by atoms with Crippen LogP contribution in [-0.4, -0.2) is 23.4 Å². The van der Waals surface area contributed by atoms with Crippen LogP contribution in [0.5, 0.6) is 0 Å². The molecule has 0 N–H and O–H groups in total. The lowest BCUT2D eigenvalue weighted by Gasteiger charge is -2.21. The molecule has 11 heavy (non-hydrogen) atoms. The van der Waals surface area contributed by atoms with Gasteiger partial charge in [-0.1, -0.05) is 12.2 Å². The van der Waals surface area contributed by atoms with Gasteiger partial charge in [0.05, 0.1) is 0 Å². The van der Waals surface area contributed by atoms with Crippen molar-refractivity contribution in [2.24, 2.45) is 0 Å². The molecule has 1 amide bonds. The van der Waals surface area contributed by atoms with Crippen LogP contribution >= 0.6 is 0 Å². The van der Waals surface area contributed by atoms with Crippen molar-refractivity contribution in [2.45, 2.75) is 31.7 Å². The van der Waals surface area contributed by atoms with E-state index in [0.717, 1.165) is 32.2 Å². The predicted molar refractivity (Wildman–Crippen MR) is 43.1 cm³/mol. The summed E-state index contributed by atoms with van der Waals surface area (Å²) in [5.41, 5.74) is 0. The zero-order valence-corrected chi connectivity index (χ0v) is 6.62. The minimum atomic E-state index is 0.360. The van der Waals surface area contributed by atoms with Crippen molar-refractivity contribution in [1.29, 1.82) is 0 Å². The number of nitrogens with zero attached hydrogens (tertiary/aromatic N) is 1. The predicted octanol–water partition coefficient (Wildman–Crippen LogP) is 1.33. The third kappa shape index (κ3) is 1.17. The molecule has 0 radical (unpaired) electrons. The molecule has 1 atom stereocenters. The van der Waals surface area contributed by atoms with Gasteiger partial charge in [-0.3, -0.25) is 4.79 Å². The first-order valence-corrected chi connectivity index (χ1v) is 4.32. The number of fused-ring (bicyclic) bond motifs is 1. The van der Waals surface area contributed by atoms with Crippen molar-refractivity contribution in [3.63, 3.8) is 0 Å². The van der Waals surface area contributed by atoms with E-state index in [1.807, 2.05) is 4.90 Å². The first-order valence-electron chi connectivity index (χ1n) is 4.32. The molecule has 0 spiro atoms. The van der Waals surface area contributed by atoms with E-state index in [9.17, 15) is 4.79 Å². The topological polar surface area (TPSA) is 20.3 Å². The first-order chi connectivity index (χ1) is 5.38. The maximum absolute atomic E-state index is 11.3. The second-order valence-corrected chi connectivity index (χ2v) is 3.28. The summed E-state index contributed by atoms with van der Waals surface area (Å²) in [6, 6.07) is 0.529. The van der Waals surface area contributed by atoms with Crippen molar-refractivity contribution >= 4 is 5.91 Å². The fourth-order valence-electron chi connectivity index (χ4n) is 1.93. The van der Waals surface area contributed by atoms with Gasteiger partial charge in [0, 0.05) is 19.0 Å². The van der Waals surface area contributed by atoms with Gasteiger partial charge in [-0.05, 0) is 19.3 Å². The van der Waals surface area contributed by atoms with Crippen LogP contribution in [0.4, 0.5) is 0 Å². The Morgan fingerprint density at radius 3 is 3.27 bits per heavy atom. The summed E-state index contributed by atoms with van der Waals surface area (Å²) in [5, 5.41) is 0. The van der Waals surface area contributed by atoms with Crippen LogP contribution in [0, 0.1) is 0 Å². The third-order valence-electron chi connectivity index (χ3n) is 2.56. The Kier molecular flexibility index (Phi) is 1.68. The molecule has 2 nitrogen and oxygen atoms in total. The fourth-order valence-corrected chi connectivity index (χ4v) is 1.93. The minimum Gasteiger partial charge on any atom is -0.339 e. The van der Waals surface area contributed by atoms with Crippen LogP contribution in [0.3, 0.4) is 0 Å². The summed E-state index contributed by atoms with van der Waals surface area (Å²) in [6.45, 7) is 0.944.